The first-order valence-electron chi connectivity index (χ1n) is 9.61. The zero-order valence-corrected chi connectivity index (χ0v) is 15.8. The highest BCUT2D eigenvalue weighted by atomic mass is 16.3. The highest BCUT2D eigenvalue weighted by Crippen LogP contribution is 2.12. The Bertz CT molecular complexity index is 532. The first-order valence-corrected chi connectivity index (χ1v) is 9.61. The third-order valence-corrected chi connectivity index (χ3v) is 4.19. The lowest BCUT2D eigenvalue weighted by Gasteiger charge is -2.19. The summed E-state index contributed by atoms with van der Waals surface area (Å²) in [6.45, 7) is 3.27. The largest absolute Gasteiger partial charge is 0.508 e. The van der Waals surface area contributed by atoms with E-state index in [1.807, 2.05) is 6.92 Å². The maximum atomic E-state index is 12.5. The van der Waals surface area contributed by atoms with Crippen LogP contribution >= 0.6 is 0 Å². The van der Waals surface area contributed by atoms with E-state index >= 15 is 0 Å². The molecule has 5 N–H and O–H groups in total. The van der Waals surface area contributed by atoms with Gasteiger partial charge in [-0.3, -0.25) is 9.59 Å². The number of carbonyl (C=O) groups excluding carboxylic acids is 2. The summed E-state index contributed by atoms with van der Waals surface area (Å²) in [4.78, 5) is 24.4. The molecular weight excluding hydrogens is 330 g/mol. The van der Waals surface area contributed by atoms with Gasteiger partial charge in [0.25, 0.3) is 0 Å². The van der Waals surface area contributed by atoms with E-state index in [0.717, 1.165) is 50.6 Å². The van der Waals surface area contributed by atoms with Crippen LogP contribution in [0, 0.1) is 0 Å². The van der Waals surface area contributed by atoms with Gasteiger partial charge < -0.3 is 21.5 Å². The topological polar surface area (TPSA) is 104 Å². The van der Waals surface area contributed by atoms with Crippen LogP contribution in [0.25, 0.3) is 0 Å². The summed E-state index contributed by atoms with van der Waals surface area (Å²) in [5, 5.41) is 15.1. The van der Waals surface area contributed by atoms with Gasteiger partial charge >= 0.3 is 0 Å². The number of hydrogen-bond donors (Lipinski definition) is 4. The molecule has 0 bridgehead atoms. The van der Waals surface area contributed by atoms with E-state index in [1.165, 1.54) is 0 Å². The summed E-state index contributed by atoms with van der Waals surface area (Å²) >= 11 is 0. The van der Waals surface area contributed by atoms with Crippen LogP contribution in [-0.4, -0.2) is 36.1 Å². The van der Waals surface area contributed by atoms with Gasteiger partial charge in [-0.15, -0.1) is 0 Å². The summed E-state index contributed by atoms with van der Waals surface area (Å²) in [5.74, 6) is -0.0999. The molecule has 1 rings (SSSR count). The molecule has 0 aromatic heterocycles. The summed E-state index contributed by atoms with van der Waals surface area (Å²) in [6, 6.07) is 6.09. The number of phenolic OH excluding ortho intramolecular Hbond substituents is 1. The quantitative estimate of drug-likeness (QED) is 0.403. The predicted molar refractivity (Wildman–Crippen MR) is 104 cm³/mol. The molecule has 1 aromatic carbocycles. The molecule has 0 saturated carbocycles. The molecule has 0 fully saturated rings. The van der Waals surface area contributed by atoms with Crippen molar-refractivity contribution in [2.24, 2.45) is 5.73 Å². The standard InChI is InChI=1S/C20H33N3O3/c1-2-8-19(25)23-18(15-16-9-11-17(24)12-10-16)20(26)22-14-7-5-3-4-6-13-21/h9-12,18,24H,2-8,13-15,21H2,1H3,(H,22,26)(H,23,25)/t18-/m0/s1. The van der Waals surface area contributed by atoms with Crippen molar-refractivity contribution in [2.75, 3.05) is 13.1 Å². The lowest BCUT2D eigenvalue weighted by atomic mass is 10.0. The summed E-state index contributed by atoms with van der Waals surface area (Å²) in [7, 11) is 0. The molecule has 146 valence electrons. The van der Waals surface area contributed by atoms with Gasteiger partial charge in [0.05, 0.1) is 0 Å². The van der Waals surface area contributed by atoms with Crippen LogP contribution in [0.5, 0.6) is 5.75 Å². The lowest BCUT2D eigenvalue weighted by molar-refractivity contribution is -0.129. The van der Waals surface area contributed by atoms with Gasteiger partial charge in [0.15, 0.2) is 0 Å². The van der Waals surface area contributed by atoms with Gasteiger partial charge in [-0.05, 0) is 43.5 Å². The number of nitrogens with one attached hydrogen (secondary N) is 2. The Morgan fingerprint density at radius 2 is 1.73 bits per heavy atom. The van der Waals surface area contributed by atoms with E-state index in [0.29, 0.717) is 19.4 Å². The highest BCUT2D eigenvalue weighted by Gasteiger charge is 2.20. The number of phenols is 1. The Labute approximate surface area is 156 Å². The zero-order valence-electron chi connectivity index (χ0n) is 15.8. The molecule has 1 aromatic rings. The van der Waals surface area contributed by atoms with E-state index in [-0.39, 0.29) is 17.6 Å². The molecule has 0 heterocycles. The maximum Gasteiger partial charge on any atom is 0.242 e. The Morgan fingerprint density at radius 1 is 1.08 bits per heavy atom. The van der Waals surface area contributed by atoms with Crippen molar-refractivity contribution in [1.29, 1.82) is 0 Å². The number of carbonyl (C=O) groups is 2. The van der Waals surface area contributed by atoms with Gasteiger partial charge in [-0.2, -0.15) is 0 Å². The molecular formula is C20H33N3O3. The molecule has 0 unspecified atom stereocenters. The fraction of sp³-hybridized carbons (Fsp3) is 0.600. The molecule has 0 spiro atoms. The highest BCUT2D eigenvalue weighted by molar-refractivity contribution is 5.87. The number of aromatic hydroxyl groups is 1. The van der Waals surface area contributed by atoms with Crippen LogP contribution in [0.15, 0.2) is 24.3 Å². The van der Waals surface area contributed by atoms with Crippen molar-refractivity contribution in [3.05, 3.63) is 29.8 Å². The number of amides is 2. The number of unbranched alkanes of at least 4 members (excludes halogenated alkanes) is 4. The third-order valence-electron chi connectivity index (χ3n) is 4.19. The van der Waals surface area contributed by atoms with Crippen molar-refractivity contribution < 1.29 is 14.7 Å². The van der Waals surface area contributed by atoms with Crippen LogP contribution < -0.4 is 16.4 Å². The molecule has 0 aliphatic rings. The molecule has 1 atom stereocenters. The van der Waals surface area contributed by atoms with E-state index in [9.17, 15) is 14.7 Å². The predicted octanol–water partition coefficient (Wildman–Crippen LogP) is 2.25. The first kappa shape index (κ1) is 22.0. The Morgan fingerprint density at radius 3 is 2.38 bits per heavy atom. The minimum atomic E-state index is -0.601. The Balaban J connectivity index is 2.49. The minimum absolute atomic E-state index is 0.117. The van der Waals surface area contributed by atoms with Crippen molar-refractivity contribution in [1.82, 2.24) is 10.6 Å². The molecule has 6 heteroatoms. The van der Waals surface area contributed by atoms with E-state index in [1.54, 1.807) is 24.3 Å². The average molecular weight is 364 g/mol. The van der Waals surface area contributed by atoms with Gasteiger partial charge in [0, 0.05) is 19.4 Å². The number of hydrogen-bond acceptors (Lipinski definition) is 4. The van der Waals surface area contributed by atoms with Crippen molar-refractivity contribution >= 4 is 11.8 Å². The number of rotatable bonds is 13. The van der Waals surface area contributed by atoms with Crippen LogP contribution in [0.2, 0.25) is 0 Å². The van der Waals surface area contributed by atoms with E-state index < -0.39 is 6.04 Å². The second-order valence-corrected chi connectivity index (χ2v) is 6.59. The van der Waals surface area contributed by atoms with Crippen LogP contribution in [0.3, 0.4) is 0 Å². The van der Waals surface area contributed by atoms with Gasteiger partial charge in [-0.25, -0.2) is 0 Å². The van der Waals surface area contributed by atoms with E-state index in [4.69, 9.17) is 5.73 Å². The van der Waals surface area contributed by atoms with Crippen LogP contribution in [0.4, 0.5) is 0 Å². The van der Waals surface area contributed by atoms with Crippen LogP contribution in [0.1, 0.15) is 57.4 Å². The fourth-order valence-corrected chi connectivity index (χ4v) is 2.71. The van der Waals surface area contributed by atoms with Crippen molar-refractivity contribution in [2.45, 2.75) is 64.3 Å². The van der Waals surface area contributed by atoms with Crippen LogP contribution in [-0.2, 0) is 16.0 Å². The van der Waals surface area contributed by atoms with Gasteiger partial charge in [0.1, 0.15) is 11.8 Å². The van der Waals surface area contributed by atoms with Crippen molar-refractivity contribution in [3.63, 3.8) is 0 Å². The van der Waals surface area contributed by atoms with E-state index in [2.05, 4.69) is 10.6 Å². The smallest absolute Gasteiger partial charge is 0.242 e. The first-order chi connectivity index (χ1) is 12.6. The SMILES string of the molecule is CCCC(=O)N[C@@H](Cc1ccc(O)cc1)C(=O)NCCCCCCCN. The zero-order chi connectivity index (χ0) is 19.2. The summed E-state index contributed by atoms with van der Waals surface area (Å²) in [6.07, 6.45) is 6.82. The molecule has 6 nitrogen and oxygen atoms in total. The van der Waals surface area contributed by atoms with Crippen molar-refractivity contribution in [3.8, 4) is 5.75 Å². The second kappa shape index (κ2) is 13.2. The average Bonchev–Trinajstić information content (AvgIpc) is 2.62. The molecule has 2 amide bonds. The second-order valence-electron chi connectivity index (χ2n) is 6.59. The minimum Gasteiger partial charge on any atom is -0.508 e. The molecule has 0 radical (unpaired) electrons. The summed E-state index contributed by atoms with van der Waals surface area (Å²) in [5.41, 5.74) is 6.36. The number of nitrogens with two attached hydrogens (primary N) is 1. The molecule has 0 saturated heterocycles. The molecule has 0 aliphatic carbocycles. The summed E-state index contributed by atoms with van der Waals surface area (Å²) < 4.78 is 0. The normalized spacial score (nSPS) is 11.8. The maximum absolute atomic E-state index is 12.5. The van der Waals surface area contributed by atoms with Gasteiger partial charge in [-0.1, -0.05) is 38.3 Å². The monoisotopic (exact) mass is 363 g/mol. The fourth-order valence-electron chi connectivity index (χ4n) is 2.71. The Kier molecular flexibility index (Phi) is 11.1. The number of benzene rings is 1. The third kappa shape index (κ3) is 9.42. The molecule has 0 aliphatic heterocycles. The lowest BCUT2D eigenvalue weighted by Crippen LogP contribution is -2.48. The van der Waals surface area contributed by atoms with Gasteiger partial charge in [0.2, 0.25) is 11.8 Å². The molecule has 26 heavy (non-hydrogen) atoms. The Hall–Kier alpha value is -2.08.